The van der Waals surface area contributed by atoms with Gasteiger partial charge in [0.15, 0.2) is 0 Å². The molecule has 0 aliphatic carbocycles. The molecule has 2 aromatic rings. The van der Waals surface area contributed by atoms with Gasteiger partial charge in [-0.05, 0) is 31.2 Å². The van der Waals surface area contributed by atoms with Gasteiger partial charge in [0.1, 0.15) is 16.9 Å². The number of benzene rings is 1. The maximum Gasteiger partial charge on any atom is 0.145 e. The zero-order valence-electron chi connectivity index (χ0n) is 9.82. The third kappa shape index (κ3) is 2.98. The van der Waals surface area contributed by atoms with Gasteiger partial charge >= 0.3 is 0 Å². The number of hydrogen-bond donors (Lipinski definition) is 1. The van der Waals surface area contributed by atoms with Gasteiger partial charge in [-0.2, -0.15) is 0 Å². The van der Waals surface area contributed by atoms with Crippen LogP contribution in [-0.4, -0.2) is 6.54 Å². The molecule has 0 bridgehead atoms. The highest BCUT2D eigenvalue weighted by atomic mass is 35.5. The van der Waals surface area contributed by atoms with Crippen molar-refractivity contribution in [3.8, 4) is 5.75 Å². The second-order valence-electron chi connectivity index (χ2n) is 3.84. The van der Waals surface area contributed by atoms with Crippen molar-refractivity contribution < 1.29 is 4.74 Å². The molecule has 5 heteroatoms. The third-order valence-electron chi connectivity index (χ3n) is 2.48. The molecule has 18 heavy (non-hydrogen) atoms. The number of ether oxygens (including phenoxy) is 1. The van der Waals surface area contributed by atoms with E-state index in [4.69, 9.17) is 33.7 Å². The van der Waals surface area contributed by atoms with Crippen LogP contribution in [0.5, 0.6) is 5.75 Å². The monoisotopic (exact) mass is 301 g/mol. The highest BCUT2D eigenvalue weighted by Gasteiger charge is 2.16. The van der Waals surface area contributed by atoms with Gasteiger partial charge in [-0.1, -0.05) is 29.3 Å². The predicted octanol–water partition coefficient (Wildman–Crippen LogP) is 4.44. The van der Waals surface area contributed by atoms with E-state index in [1.807, 2.05) is 19.1 Å². The molecule has 1 aromatic heterocycles. The van der Waals surface area contributed by atoms with Crippen molar-refractivity contribution >= 4 is 34.5 Å². The molecule has 2 N–H and O–H groups in total. The minimum Gasteiger partial charge on any atom is -0.482 e. The molecule has 0 fully saturated rings. The summed E-state index contributed by atoms with van der Waals surface area (Å²) >= 11 is 13.7. The smallest absolute Gasteiger partial charge is 0.145 e. The third-order valence-corrected chi connectivity index (χ3v) is 4.37. The highest BCUT2D eigenvalue weighted by molar-refractivity contribution is 7.12. The average molecular weight is 302 g/mol. The Morgan fingerprint density at radius 1 is 1.28 bits per heavy atom. The molecular formula is C13H13Cl2NOS. The summed E-state index contributed by atoms with van der Waals surface area (Å²) in [6.45, 7) is 2.44. The van der Waals surface area contributed by atoms with Crippen LogP contribution >= 0.6 is 34.5 Å². The van der Waals surface area contributed by atoms with Gasteiger partial charge in [-0.3, -0.25) is 0 Å². The summed E-state index contributed by atoms with van der Waals surface area (Å²) in [7, 11) is 0. The summed E-state index contributed by atoms with van der Waals surface area (Å²) < 4.78 is 5.84. The lowest BCUT2D eigenvalue weighted by molar-refractivity contribution is 0.218. The van der Waals surface area contributed by atoms with Crippen LogP contribution in [0.25, 0.3) is 0 Å². The van der Waals surface area contributed by atoms with Gasteiger partial charge in [0.25, 0.3) is 0 Å². The van der Waals surface area contributed by atoms with Crippen molar-refractivity contribution in [1.29, 1.82) is 0 Å². The second-order valence-corrected chi connectivity index (χ2v) is 5.95. The molecule has 0 radical (unpaired) electrons. The lowest BCUT2D eigenvalue weighted by Gasteiger charge is -2.17. The molecule has 96 valence electrons. The zero-order chi connectivity index (χ0) is 13.1. The summed E-state index contributed by atoms with van der Waals surface area (Å²) in [6, 6.07) is 9.39. The lowest BCUT2D eigenvalue weighted by Crippen LogP contribution is -2.17. The van der Waals surface area contributed by atoms with E-state index < -0.39 is 0 Å². The van der Waals surface area contributed by atoms with Crippen LogP contribution in [0.3, 0.4) is 0 Å². The Bertz CT molecular complexity index is 542. The van der Waals surface area contributed by atoms with Crippen molar-refractivity contribution in [2.24, 2.45) is 5.73 Å². The van der Waals surface area contributed by atoms with E-state index in [0.29, 0.717) is 22.3 Å². The topological polar surface area (TPSA) is 35.2 Å². The van der Waals surface area contributed by atoms with Gasteiger partial charge in [0.2, 0.25) is 0 Å². The Morgan fingerprint density at radius 2 is 2.06 bits per heavy atom. The van der Waals surface area contributed by atoms with Crippen LogP contribution in [-0.2, 0) is 0 Å². The Morgan fingerprint density at radius 3 is 2.67 bits per heavy atom. The van der Waals surface area contributed by atoms with Crippen molar-refractivity contribution in [3.05, 3.63) is 50.1 Å². The fourth-order valence-corrected chi connectivity index (χ4v) is 2.83. The molecular weight excluding hydrogens is 289 g/mol. The summed E-state index contributed by atoms with van der Waals surface area (Å²) in [4.78, 5) is 2.32. The first-order chi connectivity index (χ1) is 8.61. The van der Waals surface area contributed by atoms with E-state index in [1.54, 1.807) is 29.5 Å². The Hall–Kier alpha value is -0.740. The van der Waals surface area contributed by atoms with Crippen molar-refractivity contribution in [3.63, 3.8) is 0 Å². The molecule has 0 aliphatic heterocycles. The van der Waals surface area contributed by atoms with E-state index >= 15 is 0 Å². The molecule has 2 nitrogen and oxygen atoms in total. The highest BCUT2D eigenvalue weighted by Crippen LogP contribution is 2.35. The van der Waals surface area contributed by atoms with Crippen LogP contribution in [0, 0.1) is 6.92 Å². The van der Waals surface area contributed by atoms with E-state index in [1.165, 1.54) is 4.88 Å². The van der Waals surface area contributed by atoms with Crippen LogP contribution in [0.1, 0.15) is 15.9 Å². The SMILES string of the molecule is Cc1ccc(C(CN)Oc2cccc(Cl)c2Cl)s1. The summed E-state index contributed by atoms with van der Waals surface area (Å²) in [5, 5.41) is 0.901. The summed E-state index contributed by atoms with van der Waals surface area (Å²) in [5.74, 6) is 0.561. The number of rotatable bonds is 4. The predicted molar refractivity (Wildman–Crippen MR) is 77.9 cm³/mol. The fraction of sp³-hybridized carbons (Fsp3) is 0.231. The number of halogens is 2. The molecule has 0 saturated heterocycles. The van der Waals surface area contributed by atoms with E-state index in [9.17, 15) is 0 Å². The minimum absolute atomic E-state index is 0.195. The summed E-state index contributed by atoms with van der Waals surface area (Å²) in [6.07, 6.45) is -0.195. The molecule has 0 spiro atoms. The Balaban J connectivity index is 2.23. The van der Waals surface area contributed by atoms with Crippen LogP contribution < -0.4 is 10.5 Å². The standard InChI is InChI=1S/C13H13Cl2NOS/c1-8-5-6-12(18-8)11(7-16)17-10-4-2-3-9(14)13(10)15/h2-6,11H,7,16H2,1H3. The average Bonchev–Trinajstić information content (AvgIpc) is 2.78. The maximum absolute atomic E-state index is 6.09. The number of hydrogen-bond acceptors (Lipinski definition) is 3. The number of nitrogens with two attached hydrogens (primary N) is 1. The molecule has 1 aromatic carbocycles. The van der Waals surface area contributed by atoms with Crippen LogP contribution in [0.2, 0.25) is 10.0 Å². The zero-order valence-corrected chi connectivity index (χ0v) is 12.1. The summed E-state index contributed by atoms with van der Waals surface area (Å²) in [5.41, 5.74) is 5.76. The largest absolute Gasteiger partial charge is 0.482 e. The second kappa shape index (κ2) is 5.93. The Labute approximate surface area is 120 Å². The van der Waals surface area contributed by atoms with E-state index in [2.05, 4.69) is 0 Å². The van der Waals surface area contributed by atoms with Crippen molar-refractivity contribution in [1.82, 2.24) is 0 Å². The fourth-order valence-electron chi connectivity index (χ4n) is 1.58. The molecule has 1 atom stereocenters. The van der Waals surface area contributed by atoms with Crippen molar-refractivity contribution in [2.75, 3.05) is 6.54 Å². The quantitative estimate of drug-likeness (QED) is 0.906. The van der Waals surface area contributed by atoms with Gasteiger partial charge in [-0.15, -0.1) is 11.3 Å². The van der Waals surface area contributed by atoms with E-state index in [-0.39, 0.29) is 6.10 Å². The molecule has 0 saturated carbocycles. The van der Waals surface area contributed by atoms with Gasteiger partial charge in [0, 0.05) is 16.3 Å². The molecule has 0 amide bonds. The number of thiophene rings is 1. The molecule has 1 heterocycles. The van der Waals surface area contributed by atoms with Gasteiger partial charge in [-0.25, -0.2) is 0 Å². The van der Waals surface area contributed by atoms with Crippen molar-refractivity contribution in [2.45, 2.75) is 13.0 Å². The molecule has 0 aliphatic rings. The molecule has 2 rings (SSSR count). The first-order valence-electron chi connectivity index (χ1n) is 5.49. The first-order valence-corrected chi connectivity index (χ1v) is 7.06. The lowest BCUT2D eigenvalue weighted by atomic mass is 10.2. The number of aryl methyl sites for hydroxylation is 1. The first kappa shape index (κ1) is 13.7. The van der Waals surface area contributed by atoms with Crippen LogP contribution in [0.4, 0.5) is 0 Å². The molecule has 1 unspecified atom stereocenters. The van der Waals surface area contributed by atoms with Gasteiger partial charge in [0.05, 0.1) is 5.02 Å². The van der Waals surface area contributed by atoms with E-state index in [0.717, 1.165) is 4.88 Å². The maximum atomic E-state index is 6.09. The Kier molecular flexibility index (Phi) is 4.51. The van der Waals surface area contributed by atoms with Crippen LogP contribution in [0.15, 0.2) is 30.3 Å². The minimum atomic E-state index is -0.195. The van der Waals surface area contributed by atoms with Gasteiger partial charge < -0.3 is 10.5 Å². The normalized spacial score (nSPS) is 12.4.